The summed E-state index contributed by atoms with van der Waals surface area (Å²) in [6, 6.07) is 7.97. The van der Waals surface area contributed by atoms with E-state index in [0.29, 0.717) is 29.7 Å². The highest BCUT2D eigenvalue weighted by Crippen LogP contribution is 2.38. The van der Waals surface area contributed by atoms with Crippen molar-refractivity contribution in [1.82, 2.24) is 4.90 Å². The summed E-state index contributed by atoms with van der Waals surface area (Å²) < 4.78 is 67.1. The van der Waals surface area contributed by atoms with Crippen LogP contribution in [0.3, 0.4) is 0 Å². The second-order valence-corrected chi connectivity index (χ2v) is 10.1. The van der Waals surface area contributed by atoms with Gasteiger partial charge in [0.05, 0.1) is 15.8 Å². The Bertz CT molecular complexity index is 1050. The van der Waals surface area contributed by atoms with E-state index in [1.807, 2.05) is 6.07 Å². The molecule has 0 aliphatic carbocycles. The van der Waals surface area contributed by atoms with Crippen molar-refractivity contribution in [2.75, 3.05) is 18.6 Å². The molecule has 0 N–H and O–H groups in total. The van der Waals surface area contributed by atoms with Crippen molar-refractivity contribution in [2.45, 2.75) is 25.6 Å². The van der Waals surface area contributed by atoms with Crippen LogP contribution < -0.4 is 4.74 Å². The lowest BCUT2D eigenvalue weighted by Gasteiger charge is -2.30. The first-order valence-electron chi connectivity index (χ1n) is 9.05. The summed E-state index contributed by atoms with van der Waals surface area (Å²) in [6.45, 7) is 0.782. The summed E-state index contributed by atoms with van der Waals surface area (Å²) in [5.41, 5.74) is 1.09. The molecule has 3 rings (SSSR count). The fourth-order valence-electron chi connectivity index (χ4n) is 3.13. The molecule has 0 unspecified atom stereocenters. The van der Waals surface area contributed by atoms with Crippen molar-refractivity contribution in [1.29, 1.82) is 0 Å². The highest BCUT2D eigenvalue weighted by Gasteiger charge is 2.30. The van der Waals surface area contributed by atoms with E-state index in [1.54, 1.807) is 11.0 Å². The normalized spacial score (nSPS) is 14.4. The molecule has 1 amide bonds. The lowest BCUT2D eigenvalue weighted by atomic mass is 9.99. The van der Waals surface area contributed by atoms with Gasteiger partial charge >= 0.3 is 6.18 Å². The Kier molecular flexibility index (Phi) is 6.47. The Morgan fingerprint density at radius 1 is 1.17 bits per heavy atom. The number of fused-ring (bicyclic) bond motifs is 1. The summed E-state index contributed by atoms with van der Waals surface area (Å²) in [5.74, 6) is 0.222. The fourth-order valence-corrected chi connectivity index (χ4v) is 4.27. The molecule has 0 saturated carbocycles. The number of hydrogen-bond acceptors (Lipinski definition) is 4. The molecule has 30 heavy (non-hydrogen) atoms. The summed E-state index contributed by atoms with van der Waals surface area (Å²) in [6.07, 6.45) is -2.79. The highest BCUT2D eigenvalue weighted by atomic mass is 79.9. The molecule has 1 aliphatic rings. The van der Waals surface area contributed by atoms with E-state index in [4.69, 9.17) is 4.74 Å². The number of ether oxygens (including phenoxy) is 1. The van der Waals surface area contributed by atoms with Crippen LogP contribution in [0.5, 0.6) is 11.5 Å². The average Bonchev–Trinajstić information content (AvgIpc) is 2.67. The predicted molar refractivity (Wildman–Crippen MR) is 109 cm³/mol. The number of carbonyl (C=O) groups excluding carboxylic acids is 1. The quantitative estimate of drug-likeness (QED) is 0.596. The molecule has 0 atom stereocenters. The Labute approximate surface area is 180 Å². The van der Waals surface area contributed by atoms with Gasteiger partial charge in [0.25, 0.3) is 0 Å². The van der Waals surface area contributed by atoms with Gasteiger partial charge in [0.15, 0.2) is 0 Å². The number of rotatable bonds is 5. The smallest absolute Gasteiger partial charge is 0.416 e. The monoisotopic (exact) mass is 505 g/mol. The topological polar surface area (TPSA) is 63.7 Å². The lowest BCUT2D eigenvalue weighted by Crippen LogP contribution is -2.36. The second-order valence-electron chi connectivity index (χ2n) is 7.08. The van der Waals surface area contributed by atoms with Crippen molar-refractivity contribution in [3.63, 3.8) is 0 Å². The lowest BCUT2D eigenvalue weighted by molar-refractivity contribution is -0.137. The van der Waals surface area contributed by atoms with Gasteiger partial charge in [-0.05, 0) is 63.8 Å². The van der Waals surface area contributed by atoms with E-state index in [0.717, 1.165) is 29.5 Å². The molecule has 2 aromatic carbocycles. The molecule has 2 aromatic rings. The second kappa shape index (κ2) is 8.58. The van der Waals surface area contributed by atoms with E-state index in [1.165, 1.54) is 12.1 Å². The van der Waals surface area contributed by atoms with E-state index in [2.05, 4.69) is 15.9 Å². The number of amides is 1. The van der Waals surface area contributed by atoms with Crippen molar-refractivity contribution >= 4 is 31.7 Å². The number of halogens is 4. The van der Waals surface area contributed by atoms with Crippen LogP contribution in [-0.2, 0) is 33.8 Å². The van der Waals surface area contributed by atoms with Crippen LogP contribution in [0.2, 0.25) is 0 Å². The van der Waals surface area contributed by atoms with Crippen molar-refractivity contribution < 1.29 is 31.1 Å². The molecule has 162 valence electrons. The SMILES string of the molecule is CS(=O)(=O)CCC(=O)N1CCc2ccc(Oc3ccc(C(F)(F)F)cc3)c(Br)c2C1. The maximum Gasteiger partial charge on any atom is 0.416 e. The van der Waals surface area contributed by atoms with Gasteiger partial charge in [-0.25, -0.2) is 8.42 Å². The minimum atomic E-state index is -4.42. The van der Waals surface area contributed by atoms with Crippen molar-refractivity contribution in [3.05, 3.63) is 57.6 Å². The molecule has 1 heterocycles. The van der Waals surface area contributed by atoms with E-state index >= 15 is 0 Å². The number of carbonyl (C=O) groups is 1. The van der Waals surface area contributed by atoms with E-state index < -0.39 is 21.6 Å². The third kappa shape index (κ3) is 5.54. The van der Waals surface area contributed by atoms with Crippen LogP contribution in [0.1, 0.15) is 23.1 Å². The Hall–Kier alpha value is -2.07. The maximum absolute atomic E-state index is 12.7. The minimum Gasteiger partial charge on any atom is -0.456 e. The van der Waals surface area contributed by atoms with Gasteiger partial charge in [-0.15, -0.1) is 0 Å². The molecular weight excluding hydrogens is 487 g/mol. The third-order valence-corrected chi connectivity index (χ3v) is 6.57. The van der Waals surface area contributed by atoms with Gasteiger partial charge < -0.3 is 9.64 Å². The molecule has 0 saturated heterocycles. The number of nitrogens with zero attached hydrogens (tertiary/aromatic N) is 1. The first-order valence-corrected chi connectivity index (χ1v) is 11.9. The van der Waals surface area contributed by atoms with Crippen LogP contribution in [0.15, 0.2) is 40.9 Å². The van der Waals surface area contributed by atoms with Crippen LogP contribution in [0.25, 0.3) is 0 Å². The van der Waals surface area contributed by atoms with Crippen molar-refractivity contribution in [2.24, 2.45) is 0 Å². The number of hydrogen-bond donors (Lipinski definition) is 0. The largest absolute Gasteiger partial charge is 0.456 e. The van der Waals surface area contributed by atoms with Gasteiger partial charge in [-0.3, -0.25) is 4.79 Å². The van der Waals surface area contributed by atoms with Gasteiger partial charge in [0.2, 0.25) is 5.91 Å². The number of alkyl halides is 3. The Morgan fingerprint density at radius 3 is 2.43 bits per heavy atom. The maximum atomic E-state index is 12.7. The average molecular weight is 506 g/mol. The molecule has 0 spiro atoms. The highest BCUT2D eigenvalue weighted by molar-refractivity contribution is 9.10. The Morgan fingerprint density at radius 2 is 1.83 bits per heavy atom. The van der Waals surface area contributed by atoms with Crippen LogP contribution >= 0.6 is 15.9 Å². The zero-order valence-corrected chi connectivity index (χ0v) is 18.4. The molecule has 0 fully saturated rings. The molecule has 0 bridgehead atoms. The van der Waals surface area contributed by atoms with Gasteiger partial charge in [0, 0.05) is 25.8 Å². The number of sulfone groups is 1. The van der Waals surface area contributed by atoms with E-state index in [9.17, 15) is 26.4 Å². The van der Waals surface area contributed by atoms with E-state index in [-0.39, 0.29) is 23.8 Å². The first-order chi connectivity index (χ1) is 13.9. The summed E-state index contributed by atoms with van der Waals surface area (Å²) in [7, 11) is -3.23. The first kappa shape index (κ1) is 22.6. The predicted octanol–water partition coefficient (Wildman–Crippen LogP) is 4.58. The van der Waals surface area contributed by atoms with Crippen molar-refractivity contribution in [3.8, 4) is 11.5 Å². The van der Waals surface area contributed by atoms with Gasteiger partial charge in [-0.2, -0.15) is 13.2 Å². The zero-order chi connectivity index (χ0) is 22.1. The van der Waals surface area contributed by atoms with Gasteiger partial charge in [0.1, 0.15) is 21.3 Å². The molecule has 0 radical (unpaired) electrons. The third-order valence-electron chi connectivity index (χ3n) is 4.75. The molecular formula is C20H19BrF3NO4S. The minimum absolute atomic E-state index is 0.0759. The summed E-state index contributed by atoms with van der Waals surface area (Å²) in [5, 5.41) is 0. The zero-order valence-electron chi connectivity index (χ0n) is 16.0. The van der Waals surface area contributed by atoms with Crippen LogP contribution in [0.4, 0.5) is 13.2 Å². The fraction of sp³-hybridized carbons (Fsp3) is 0.350. The van der Waals surface area contributed by atoms with Crippen LogP contribution in [-0.4, -0.2) is 37.8 Å². The summed E-state index contributed by atoms with van der Waals surface area (Å²) >= 11 is 3.48. The summed E-state index contributed by atoms with van der Waals surface area (Å²) in [4.78, 5) is 14.0. The molecule has 1 aliphatic heterocycles. The molecule has 5 nitrogen and oxygen atoms in total. The van der Waals surface area contributed by atoms with Crippen LogP contribution in [0, 0.1) is 0 Å². The van der Waals surface area contributed by atoms with Gasteiger partial charge in [-0.1, -0.05) is 6.07 Å². The number of benzene rings is 2. The molecule has 0 aromatic heterocycles. The molecule has 10 heteroatoms. The standard InChI is InChI=1S/C20H19BrF3NO4S/c1-30(27,28)11-9-18(26)25-10-8-13-2-7-17(19(21)16(13)12-25)29-15-5-3-14(4-6-15)20(22,23)24/h2-7H,8-12H2,1H3. The Balaban J connectivity index is 1.76.